The van der Waals surface area contributed by atoms with Crippen molar-refractivity contribution in [2.24, 2.45) is 4.99 Å². The van der Waals surface area contributed by atoms with Gasteiger partial charge in [0.1, 0.15) is 15.7 Å². The molecule has 8 nitrogen and oxygen atoms in total. The van der Waals surface area contributed by atoms with E-state index in [0.717, 1.165) is 23.1 Å². The highest BCUT2D eigenvalue weighted by Crippen LogP contribution is 2.32. The second kappa shape index (κ2) is 8.34. The van der Waals surface area contributed by atoms with Gasteiger partial charge in [-0.05, 0) is 48.5 Å². The van der Waals surface area contributed by atoms with E-state index in [1.165, 1.54) is 24.3 Å². The number of rotatable bonds is 5. The maximum Gasteiger partial charge on any atom is 0.333 e. The van der Waals surface area contributed by atoms with E-state index in [4.69, 9.17) is 11.6 Å². The van der Waals surface area contributed by atoms with Crippen LogP contribution in [0.15, 0.2) is 57.7 Å². The van der Waals surface area contributed by atoms with Crippen molar-refractivity contribution in [3.05, 3.63) is 69.8 Å². The number of ketones is 1. The highest BCUT2D eigenvalue weighted by molar-refractivity contribution is 7.92. The van der Waals surface area contributed by atoms with Crippen LogP contribution >= 0.6 is 22.9 Å². The standard InChI is InChI=1S/C20H14ClFN4O4S2/c1-23-10-2-5-13-15(9-10)25-18(19(13)27)12-4-3-11(8-14(12)22)24-20(28)26-32(29,30)17-7-6-16(21)31-17/h2-9,23H,1H3,(H2,24,26,28). The van der Waals surface area contributed by atoms with Gasteiger partial charge < -0.3 is 10.6 Å². The Morgan fingerprint density at radius 1 is 1.06 bits per heavy atom. The summed E-state index contributed by atoms with van der Waals surface area (Å²) in [4.78, 5) is 29.0. The summed E-state index contributed by atoms with van der Waals surface area (Å²) in [6.07, 6.45) is 0. The molecule has 0 unspecified atom stereocenters. The van der Waals surface area contributed by atoms with E-state index in [-0.39, 0.29) is 25.5 Å². The van der Waals surface area contributed by atoms with E-state index in [1.807, 2.05) is 4.72 Å². The van der Waals surface area contributed by atoms with Gasteiger partial charge in [0.15, 0.2) is 0 Å². The van der Waals surface area contributed by atoms with E-state index in [2.05, 4.69) is 15.6 Å². The average Bonchev–Trinajstić information content (AvgIpc) is 3.31. The summed E-state index contributed by atoms with van der Waals surface area (Å²) in [5.74, 6) is -1.22. The molecule has 32 heavy (non-hydrogen) atoms. The number of nitrogens with one attached hydrogen (secondary N) is 3. The number of sulfonamides is 1. The smallest absolute Gasteiger partial charge is 0.333 e. The van der Waals surface area contributed by atoms with Crippen molar-refractivity contribution in [2.45, 2.75) is 4.21 Å². The summed E-state index contributed by atoms with van der Waals surface area (Å²) in [6.45, 7) is 0. The third-order valence-corrected chi connectivity index (χ3v) is 7.55. The van der Waals surface area contributed by atoms with Crippen molar-refractivity contribution >= 4 is 67.5 Å². The molecule has 164 valence electrons. The number of thiophene rings is 1. The summed E-state index contributed by atoms with van der Waals surface area (Å²) >= 11 is 6.51. The molecular weight excluding hydrogens is 479 g/mol. The third kappa shape index (κ3) is 4.22. The molecule has 0 radical (unpaired) electrons. The minimum atomic E-state index is -4.12. The molecule has 12 heteroatoms. The number of anilines is 2. The van der Waals surface area contributed by atoms with Crippen LogP contribution in [0.4, 0.5) is 26.2 Å². The van der Waals surface area contributed by atoms with Gasteiger partial charge in [-0.1, -0.05) is 11.6 Å². The molecule has 0 fully saturated rings. The Morgan fingerprint density at radius 2 is 1.78 bits per heavy atom. The van der Waals surface area contributed by atoms with E-state index in [9.17, 15) is 22.4 Å². The van der Waals surface area contributed by atoms with Crippen LogP contribution in [0.25, 0.3) is 0 Å². The van der Waals surface area contributed by atoms with Crippen LogP contribution in [0.5, 0.6) is 0 Å². The number of Topliss-reactive ketones (excluding diaryl/α,β-unsaturated/α-hetero) is 1. The zero-order chi connectivity index (χ0) is 23.0. The van der Waals surface area contributed by atoms with Crippen LogP contribution in [0.1, 0.15) is 15.9 Å². The molecule has 0 saturated carbocycles. The van der Waals surface area contributed by atoms with Crippen molar-refractivity contribution in [1.29, 1.82) is 0 Å². The van der Waals surface area contributed by atoms with Crippen molar-refractivity contribution in [3.8, 4) is 0 Å². The van der Waals surface area contributed by atoms with Crippen LogP contribution in [0, 0.1) is 5.82 Å². The molecule has 0 spiro atoms. The maximum atomic E-state index is 14.8. The molecular formula is C20H14ClFN4O4S2. The van der Waals surface area contributed by atoms with Gasteiger partial charge in [0.2, 0.25) is 5.78 Å². The average molecular weight is 493 g/mol. The Labute approximate surface area is 191 Å². The summed E-state index contributed by atoms with van der Waals surface area (Å²) in [7, 11) is -2.40. The predicted molar refractivity (Wildman–Crippen MR) is 122 cm³/mol. The summed E-state index contributed by atoms with van der Waals surface area (Å²) in [6, 6.07) is 10.2. The largest absolute Gasteiger partial charge is 0.388 e. The lowest BCUT2D eigenvalue weighted by Crippen LogP contribution is -2.34. The van der Waals surface area contributed by atoms with Gasteiger partial charge >= 0.3 is 6.03 Å². The fourth-order valence-electron chi connectivity index (χ4n) is 3.01. The van der Waals surface area contributed by atoms with Crippen LogP contribution in [0.2, 0.25) is 4.34 Å². The zero-order valence-electron chi connectivity index (χ0n) is 16.3. The molecule has 0 aliphatic carbocycles. The van der Waals surface area contributed by atoms with Gasteiger partial charge in [-0.25, -0.2) is 27.3 Å². The number of hydrogen-bond acceptors (Lipinski definition) is 7. The van der Waals surface area contributed by atoms with Crippen molar-refractivity contribution in [2.75, 3.05) is 17.7 Å². The van der Waals surface area contributed by atoms with Gasteiger partial charge in [0.05, 0.1) is 15.6 Å². The minimum Gasteiger partial charge on any atom is -0.388 e. The molecule has 2 amide bonds. The highest BCUT2D eigenvalue weighted by Gasteiger charge is 2.28. The Balaban J connectivity index is 1.51. The van der Waals surface area contributed by atoms with Gasteiger partial charge in [-0.15, -0.1) is 11.3 Å². The zero-order valence-corrected chi connectivity index (χ0v) is 18.7. The number of hydrogen-bond donors (Lipinski definition) is 3. The van der Waals surface area contributed by atoms with Gasteiger partial charge in [-0.2, -0.15) is 0 Å². The number of aliphatic imine (C=N–C) groups is 1. The van der Waals surface area contributed by atoms with Crippen LogP contribution < -0.4 is 15.4 Å². The fourth-order valence-corrected chi connectivity index (χ4v) is 5.40. The first kappa shape index (κ1) is 21.9. The lowest BCUT2D eigenvalue weighted by Gasteiger charge is -2.09. The molecule has 1 aromatic heterocycles. The summed E-state index contributed by atoms with van der Waals surface area (Å²) in [5, 5.41) is 5.19. The minimum absolute atomic E-state index is 0.0100. The fraction of sp³-hybridized carbons (Fsp3) is 0.0500. The molecule has 3 N–H and O–H groups in total. The Kier molecular flexibility index (Phi) is 5.71. The Morgan fingerprint density at radius 3 is 2.44 bits per heavy atom. The van der Waals surface area contributed by atoms with E-state index >= 15 is 0 Å². The molecule has 0 bridgehead atoms. The van der Waals surface area contributed by atoms with E-state index in [0.29, 0.717) is 11.3 Å². The van der Waals surface area contributed by atoms with E-state index < -0.39 is 27.7 Å². The number of carbonyl (C=O) groups is 2. The lowest BCUT2D eigenvalue weighted by molar-refractivity contribution is 0.107. The molecule has 0 atom stereocenters. The van der Waals surface area contributed by atoms with E-state index in [1.54, 1.807) is 25.2 Å². The number of fused-ring (bicyclic) bond motifs is 1. The highest BCUT2D eigenvalue weighted by atomic mass is 35.5. The first-order valence-corrected chi connectivity index (χ1v) is 11.7. The summed E-state index contributed by atoms with van der Waals surface area (Å²) in [5.41, 5.74) is 1.44. The second-order valence-corrected chi connectivity index (χ2v) is 10.2. The van der Waals surface area contributed by atoms with Gasteiger partial charge in [0.25, 0.3) is 10.0 Å². The van der Waals surface area contributed by atoms with Crippen molar-refractivity contribution in [3.63, 3.8) is 0 Å². The molecule has 4 rings (SSSR count). The van der Waals surface area contributed by atoms with Crippen LogP contribution in [-0.4, -0.2) is 33.0 Å². The summed E-state index contributed by atoms with van der Waals surface area (Å²) < 4.78 is 41.0. The first-order chi connectivity index (χ1) is 15.2. The monoisotopic (exact) mass is 492 g/mol. The lowest BCUT2D eigenvalue weighted by atomic mass is 10.0. The number of nitrogens with zero attached hydrogens (tertiary/aromatic N) is 1. The van der Waals surface area contributed by atoms with Gasteiger partial charge in [-0.3, -0.25) is 4.79 Å². The number of carbonyl (C=O) groups excluding carboxylic acids is 2. The quantitative estimate of drug-likeness (QED) is 0.487. The van der Waals surface area contributed by atoms with Crippen LogP contribution in [0.3, 0.4) is 0 Å². The van der Waals surface area contributed by atoms with Crippen molar-refractivity contribution in [1.82, 2.24) is 4.72 Å². The second-order valence-electron chi connectivity index (χ2n) is 6.58. The Hall–Kier alpha value is -3.28. The number of halogens is 2. The van der Waals surface area contributed by atoms with Crippen LogP contribution in [-0.2, 0) is 10.0 Å². The molecule has 1 aliphatic rings. The molecule has 1 aliphatic heterocycles. The number of benzene rings is 2. The Bertz CT molecular complexity index is 1400. The maximum absolute atomic E-state index is 14.8. The normalized spacial score (nSPS) is 12.8. The molecule has 2 aromatic carbocycles. The number of urea groups is 1. The van der Waals surface area contributed by atoms with Crippen molar-refractivity contribution < 1.29 is 22.4 Å². The predicted octanol–water partition coefficient (Wildman–Crippen LogP) is 4.41. The molecule has 2 heterocycles. The molecule has 3 aromatic rings. The third-order valence-electron chi connectivity index (χ3n) is 4.50. The van der Waals surface area contributed by atoms with Gasteiger partial charge in [0, 0.05) is 24.0 Å². The number of amides is 2. The first-order valence-electron chi connectivity index (χ1n) is 9.02. The SMILES string of the molecule is CNc1ccc2c(c1)N=C(c1ccc(NC(=O)NS(=O)(=O)c3ccc(Cl)s3)cc1F)C2=O. The topological polar surface area (TPSA) is 117 Å². The molecule has 0 saturated heterocycles.